The van der Waals surface area contributed by atoms with Crippen LogP contribution < -0.4 is 5.32 Å². The van der Waals surface area contributed by atoms with Crippen LogP contribution in [0.3, 0.4) is 0 Å². The molecular formula is C17H17F2N3O3S. The number of carbonyl (C=O) groups is 1. The fraction of sp³-hybridized carbons (Fsp3) is 0.412. The monoisotopic (exact) mass is 381 g/mol. The first-order valence-corrected chi connectivity index (χ1v) is 10.1. The highest BCUT2D eigenvalue weighted by Crippen LogP contribution is 2.42. The van der Waals surface area contributed by atoms with E-state index in [1.54, 1.807) is 11.6 Å². The predicted octanol–water partition coefficient (Wildman–Crippen LogP) is 2.30. The largest absolute Gasteiger partial charge is 0.311 e. The molecule has 1 fully saturated rings. The summed E-state index contributed by atoms with van der Waals surface area (Å²) in [7, 11) is -3.13. The molecule has 0 bridgehead atoms. The topological polar surface area (TPSA) is 81.1 Å². The molecule has 138 valence electrons. The van der Waals surface area contributed by atoms with Gasteiger partial charge in [0.05, 0.1) is 23.2 Å². The van der Waals surface area contributed by atoms with E-state index in [2.05, 4.69) is 10.4 Å². The van der Waals surface area contributed by atoms with Crippen LogP contribution in [-0.4, -0.2) is 35.6 Å². The molecule has 1 aromatic heterocycles. The number of hydrogen-bond acceptors (Lipinski definition) is 4. The van der Waals surface area contributed by atoms with Crippen LogP contribution in [-0.2, 0) is 14.6 Å². The van der Waals surface area contributed by atoms with E-state index in [0.29, 0.717) is 23.5 Å². The molecule has 2 aromatic rings. The summed E-state index contributed by atoms with van der Waals surface area (Å²) in [6.45, 7) is 1.74. The summed E-state index contributed by atoms with van der Waals surface area (Å²) < 4.78 is 52.7. The Bertz CT molecular complexity index is 1020. The molecule has 1 aromatic carbocycles. The Hall–Kier alpha value is -2.29. The molecule has 1 saturated heterocycles. The fourth-order valence-electron chi connectivity index (χ4n) is 3.85. The normalized spacial score (nSPS) is 24.3. The summed E-state index contributed by atoms with van der Waals surface area (Å²) in [5.41, 5.74) is 1.47. The molecule has 9 heteroatoms. The van der Waals surface area contributed by atoms with E-state index >= 15 is 0 Å². The van der Waals surface area contributed by atoms with Crippen molar-refractivity contribution in [3.05, 3.63) is 46.7 Å². The molecule has 0 saturated carbocycles. The van der Waals surface area contributed by atoms with E-state index in [1.807, 2.05) is 0 Å². The van der Waals surface area contributed by atoms with Crippen molar-refractivity contribution >= 4 is 21.6 Å². The van der Waals surface area contributed by atoms with Gasteiger partial charge in [0.1, 0.15) is 17.5 Å². The van der Waals surface area contributed by atoms with Crippen LogP contribution in [0.15, 0.2) is 18.2 Å². The van der Waals surface area contributed by atoms with Gasteiger partial charge < -0.3 is 5.32 Å². The summed E-state index contributed by atoms with van der Waals surface area (Å²) in [4.78, 5) is 12.2. The van der Waals surface area contributed by atoms with Crippen molar-refractivity contribution in [3.8, 4) is 0 Å². The lowest BCUT2D eigenvalue weighted by Gasteiger charge is -2.25. The number of halogens is 2. The van der Waals surface area contributed by atoms with E-state index in [1.165, 1.54) is 6.07 Å². The van der Waals surface area contributed by atoms with Gasteiger partial charge in [-0.25, -0.2) is 21.9 Å². The Balaban J connectivity index is 1.82. The van der Waals surface area contributed by atoms with Gasteiger partial charge in [0.15, 0.2) is 9.84 Å². The molecule has 2 aliphatic rings. The highest BCUT2D eigenvalue weighted by molar-refractivity contribution is 7.91. The van der Waals surface area contributed by atoms with Crippen LogP contribution in [0.5, 0.6) is 0 Å². The van der Waals surface area contributed by atoms with Crippen LogP contribution >= 0.6 is 0 Å². The maximum Gasteiger partial charge on any atom is 0.226 e. The van der Waals surface area contributed by atoms with Gasteiger partial charge in [-0.2, -0.15) is 5.10 Å². The zero-order valence-electron chi connectivity index (χ0n) is 14.0. The maximum absolute atomic E-state index is 14.3. The van der Waals surface area contributed by atoms with Gasteiger partial charge in [-0.3, -0.25) is 4.79 Å². The van der Waals surface area contributed by atoms with Gasteiger partial charge in [-0.1, -0.05) is 6.07 Å². The molecule has 3 heterocycles. The predicted molar refractivity (Wildman–Crippen MR) is 90.7 cm³/mol. The van der Waals surface area contributed by atoms with Gasteiger partial charge in [0.2, 0.25) is 5.91 Å². The van der Waals surface area contributed by atoms with Gasteiger partial charge >= 0.3 is 0 Å². The Labute approximate surface area is 149 Å². The van der Waals surface area contributed by atoms with Crippen LogP contribution in [0.2, 0.25) is 0 Å². The van der Waals surface area contributed by atoms with Gasteiger partial charge in [-0.15, -0.1) is 0 Å². The molecule has 0 spiro atoms. The summed E-state index contributed by atoms with van der Waals surface area (Å²) in [6, 6.07) is 2.94. The van der Waals surface area contributed by atoms with Crippen molar-refractivity contribution in [2.45, 2.75) is 31.7 Å². The Morgan fingerprint density at radius 2 is 2.08 bits per heavy atom. The highest BCUT2D eigenvalue weighted by Gasteiger charge is 2.38. The van der Waals surface area contributed by atoms with Crippen molar-refractivity contribution in [1.29, 1.82) is 0 Å². The van der Waals surface area contributed by atoms with Crippen molar-refractivity contribution in [3.63, 3.8) is 0 Å². The summed E-state index contributed by atoms with van der Waals surface area (Å²) in [5, 5.41) is 7.19. The first kappa shape index (κ1) is 17.1. The van der Waals surface area contributed by atoms with Crippen molar-refractivity contribution in [2.24, 2.45) is 0 Å². The van der Waals surface area contributed by atoms with Crippen molar-refractivity contribution in [2.75, 3.05) is 16.8 Å². The summed E-state index contributed by atoms with van der Waals surface area (Å²) in [6.07, 6.45) is 0.437. The third kappa shape index (κ3) is 2.80. The number of fused-ring (bicyclic) bond motifs is 1. The van der Waals surface area contributed by atoms with E-state index in [9.17, 15) is 22.0 Å². The van der Waals surface area contributed by atoms with Gasteiger partial charge in [-0.05, 0) is 25.0 Å². The van der Waals surface area contributed by atoms with E-state index in [4.69, 9.17) is 0 Å². The third-order valence-corrected chi connectivity index (χ3v) is 6.77. The first-order valence-electron chi connectivity index (χ1n) is 8.29. The molecule has 1 amide bonds. The zero-order valence-corrected chi connectivity index (χ0v) is 14.8. The second-order valence-corrected chi connectivity index (χ2v) is 9.05. The van der Waals surface area contributed by atoms with Crippen LogP contribution in [0, 0.1) is 18.6 Å². The number of rotatable bonds is 2. The number of anilines is 1. The minimum absolute atomic E-state index is 0.0189. The Morgan fingerprint density at radius 3 is 2.73 bits per heavy atom. The number of sulfone groups is 1. The molecule has 0 radical (unpaired) electrons. The Morgan fingerprint density at radius 1 is 1.31 bits per heavy atom. The molecule has 6 nitrogen and oxygen atoms in total. The molecule has 4 rings (SSSR count). The van der Waals surface area contributed by atoms with E-state index < -0.39 is 27.4 Å². The zero-order chi connectivity index (χ0) is 18.6. The molecule has 2 atom stereocenters. The number of aromatic nitrogens is 2. The molecule has 26 heavy (non-hydrogen) atoms. The minimum Gasteiger partial charge on any atom is -0.311 e. The lowest BCUT2D eigenvalue weighted by Crippen LogP contribution is -2.27. The van der Waals surface area contributed by atoms with E-state index in [0.717, 1.165) is 12.1 Å². The first-order chi connectivity index (χ1) is 12.2. The molecule has 0 unspecified atom stereocenters. The third-order valence-electron chi connectivity index (χ3n) is 5.02. The highest BCUT2D eigenvalue weighted by atomic mass is 32.2. The summed E-state index contributed by atoms with van der Waals surface area (Å²) in [5.74, 6) is -1.85. The SMILES string of the molecule is Cc1nn([C@H]2CCS(=O)(=O)C2)c2c1[C@@H](c1ccc(F)cc1F)CC(=O)N2. The molecule has 2 aliphatic heterocycles. The van der Waals surface area contributed by atoms with Crippen molar-refractivity contribution < 1.29 is 22.0 Å². The smallest absolute Gasteiger partial charge is 0.226 e. The fourth-order valence-corrected chi connectivity index (χ4v) is 5.55. The number of amides is 1. The number of carbonyl (C=O) groups excluding carboxylic acids is 1. The molecule has 0 aliphatic carbocycles. The average Bonchev–Trinajstić information content (AvgIpc) is 3.06. The number of hydrogen-bond donors (Lipinski definition) is 1. The quantitative estimate of drug-likeness (QED) is 0.866. The number of aryl methyl sites for hydroxylation is 1. The van der Waals surface area contributed by atoms with Gasteiger partial charge in [0, 0.05) is 24.0 Å². The van der Waals surface area contributed by atoms with Crippen LogP contribution in [0.25, 0.3) is 0 Å². The summed E-state index contributed by atoms with van der Waals surface area (Å²) >= 11 is 0. The minimum atomic E-state index is -3.13. The molecular weight excluding hydrogens is 364 g/mol. The second kappa shape index (κ2) is 5.87. The second-order valence-electron chi connectivity index (χ2n) is 6.82. The van der Waals surface area contributed by atoms with Crippen LogP contribution in [0.4, 0.5) is 14.6 Å². The number of nitrogens with zero attached hydrogens (tertiary/aromatic N) is 2. The lowest BCUT2D eigenvalue weighted by molar-refractivity contribution is -0.116. The van der Waals surface area contributed by atoms with Crippen molar-refractivity contribution in [1.82, 2.24) is 9.78 Å². The standard InChI is InChI=1S/C17H17F2N3O3S/c1-9-16-13(12-3-2-10(18)6-14(12)19)7-15(23)20-17(16)22(21-9)11-4-5-26(24,25)8-11/h2-3,6,11,13H,4-5,7-8H2,1H3,(H,20,23)/t11-,13+/m0/s1. The average molecular weight is 381 g/mol. The Kier molecular flexibility index (Phi) is 3.87. The number of benzene rings is 1. The maximum atomic E-state index is 14.3. The number of nitrogens with one attached hydrogen (secondary N) is 1. The molecule has 1 N–H and O–H groups in total. The van der Waals surface area contributed by atoms with Gasteiger partial charge in [0.25, 0.3) is 0 Å². The van der Waals surface area contributed by atoms with E-state index in [-0.39, 0.29) is 35.4 Å². The lowest BCUT2D eigenvalue weighted by atomic mass is 9.85. The van der Waals surface area contributed by atoms with Crippen LogP contribution in [0.1, 0.15) is 41.6 Å².